The van der Waals surface area contributed by atoms with E-state index in [1.54, 1.807) is 18.2 Å². The third-order valence-electron chi connectivity index (χ3n) is 3.58. The average molecular weight is 320 g/mol. The standard InChI is InChI=1S/C19H28O4/c1-22-17-14-16(15-18(23-2)19(17)21)12-10-8-6-4-3-5-7-9-11-13-20/h9-12,14-15,20-21H,3-8,13H2,1-2H3. The Labute approximate surface area is 139 Å². The van der Waals surface area contributed by atoms with Gasteiger partial charge in [-0.25, -0.2) is 0 Å². The molecular formula is C19H28O4. The highest BCUT2D eigenvalue weighted by Gasteiger charge is 2.09. The van der Waals surface area contributed by atoms with Crippen LogP contribution in [0.3, 0.4) is 0 Å². The number of ether oxygens (including phenoxy) is 2. The molecule has 0 unspecified atom stereocenters. The monoisotopic (exact) mass is 320 g/mol. The lowest BCUT2D eigenvalue weighted by Gasteiger charge is -2.09. The maximum atomic E-state index is 9.87. The van der Waals surface area contributed by atoms with Gasteiger partial charge in [0.1, 0.15) is 0 Å². The molecule has 0 saturated heterocycles. The minimum Gasteiger partial charge on any atom is -0.502 e. The van der Waals surface area contributed by atoms with Gasteiger partial charge in [0, 0.05) is 0 Å². The van der Waals surface area contributed by atoms with Gasteiger partial charge in [0.05, 0.1) is 20.8 Å². The van der Waals surface area contributed by atoms with Crippen molar-refractivity contribution in [2.45, 2.75) is 38.5 Å². The molecule has 0 fully saturated rings. The molecule has 1 rings (SSSR count). The maximum Gasteiger partial charge on any atom is 0.200 e. The number of aliphatic hydroxyl groups excluding tert-OH is 1. The van der Waals surface area contributed by atoms with Gasteiger partial charge < -0.3 is 19.7 Å². The summed E-state index contributed by atoms with van der Waals surface area (Å²) in [7, 11) is 3.05. The summed E-state index contributed by atoms with van der Waals surface area (Å²) >= 11 is 0. The van der Waals surface area contributed by atoms with Crippen LogP contribution in [0.2, 0.25) is 0 Å². The van der Waals surface area contributed by atoms with Crippen LogP contribution >= 0.6 is 0 Å². The first-order chi connectivity index (χ1) is 11.2. The molecule has 0 aromatic heterocycles. The zero-order valence-electron chi connectivity index (χ0n) is 14.1. The number of phenolic OH excluding ortho intramolecular Hbond substituents is 1. The number of hydrogen-bond acceptors (Lipinski definition) is 4. The molecule has 128 valence electrons. The third kappa shape index (κ3) is 7.24. The highest BCUT2D eigenvalue weighted by molar-refractivity contribution is 5.61. The molecule has 0 atom stereocenters. The first-order valence-corrected chi connectivity index (χ1v) is 8.10. The number of phenols is 1. The molecule has 0 amide bonds. The number of benzene rings is 1. The molecule has 0 heterocycles. The number of hydrogen-bond donors (Lipinski definition) is 2. The van der Waals surface area contributed by atoms with Gasteiger partial charge in [-0.2, -0.15) is 0 Å². The predicted octanol–water partition coefficient (Wildman–Crippen LogP) is 4.31. The first kappa shape index (κ1) is 19.1. The van der Waals surface area contributed by atoms with Gasteiger partial charge in [-0.05, 0) is 43.4 Å². The molecule has 0 radical (unpaired) electrons. The molecule has 0 spiro atoms. The number of allylic oxidation sites excluding steroid dienone is 2. The summed E-state index contributed by atoms with van der Waals surface area (Å²) in [5.74, 6) is 0.863. The van der Waals surface area contributed by atoms with Gasteiger partial charge in [0.25, 0.3) is 0 Å². The Morgan fingerprint density at radius 1 is 0.870 bits per heavy atom. The highest BCUT2D eigenvalue weighted by atomic mass is 16.5. The quantitative estimate of drug-likeness (QED) is 0.471. The Morgan fingerprint density at radius 3 is 1.96 bits per heavy atom. The lowest BCUT2D eigenvalue weighted by molar-refractivity contribution is 0.340. The molecule has 0 aliphatic carbocycles. The molecule has 0 aliphatic heterocycles. The Bertz CT molecular complexity index is 481. The Morgan fingerprint density at radius 2 is 1.43 bits per heavy atom. The second-order valence-corrected chi connectivity index (χ2v) is 5.32. The minimum absolute atomic E-state index is 0.0300. The van der Waals surface area contributed by atoms with Crippen molar-refractivity contribution in [3.05, 3.63) is 35.9 Å². The van der Waals surface area contributed by atoms with Gasteiger partial charge in [0.15, 0.2) is 11.5 Å². The van der Waals surface area contributed by atoms with Crippen molar-refractivity contribution in [2.75, 3.05) is 20.8 Å². The fourth-order valence-corrected chi connectivity index (χ4v) is 2.30. The molecule has 23 heavy (non-hydrogen) atoms. The van der Waals surface area contributed by atoms with E-state index in [4.69, 9.17) is 14.6 Å². The van der Waals surface area contributed by atoms with Crippen molar-refractivity contribution in [2.24, 2.45) is 0 Å². The number of unbranched alkanes of at least 4 members (excludes halogenated alkanes) is 5. The second-order valence-electron chi connectivity index (χ2n) is 5.32. The highest BCUT2D eigenvalue weighted by Crippen LogP contribution is 2.37. The van der Waals surface area contributed by atoms with Gasteiger partial charge in [-0.15, -0.1) is 0 Å². The van der Waals surface area contributed by atoms with Crippen LogP contribution in [-0.2, 0) is 0 Å². The van der Waals surface area contributed by atoms with Crippen molar-refractivity contribution < 1.29 is 19.7 Å². The van der Waals surface area contributed by atoms with E-state index in [1.165, 1.54) is 33.5 Å². The van der Waals surface area contributed by atoms with Crippen LogP contribution in [0.15, 0.2) is 30.4 Å². The summed E-state index contributed by atoms with van der Waals surface area (Å²) in [6.07, 6.45) is 14.8. The smallest absolute Gasteiger partial charge is 0.200 e. The van der Waals surface area contributed by atoms with E-state index in [0.29, 0.717) is 11.5 Å². The summed E-state index contributed by atoms with van der Waals surface area (Å²) in [5.41, 5.74) is 0.950. The topological polar surface area (TPSA) is 58.9 Å². The largest absolute Gasteiger partial charge is 0.502 e. The van der Waals surface area contributed by atoms with Gasteiger partial charge in [0.2, 0.25) is 5.75 Å². The third-order valence-corrected chi connectivity index (χ3v) is 3.58. The van der Waals surface area contributed by atoms with Gasteiger partial charge in [-0.1, -0.05) is 37.1 Å². The van der Waals surface area contributed by atoms with E-state index in [2.05, 4.69) is 6.08 Å². The van der Waals surface area contributed by atoms with Gasteiger partial charge >= 0.3 is 0 Å². The minimum atomic E-state index is 0.0300. The molecular weight excluding hydrogens is 292 g/mol. The van der Waals surface area contributed by atoms with E-state index in [-0.39, 0.29) is 12.4 Å². The maximum absolute atomic E-state index is 9.87. The zero-order chi connectivity index (χ0) is 16.9. The molecule has 1 aromatic carbocycles. The van der Waals surface area contributed by atoms with E-state index >= 15 is 0 Å². The summed E-state index contributed by atoms with van der Waals surface area (Å²) in [6.45, 7) is 0.137. The van der Waals surface area contributed by atoms with Crippen LogP contribution in [0.1, 0.15) is 44.1 Å². The molecule has 4 heteroatoms. The zero-order valence-corrected chi connectivity index (χ0v) is 14.1. The van der Waals surface area contributed by atoms with Gasteiger partial charge in [-0.3, -0.25) is 0 Å². The Hall–Kier alpha value is -1.94. The summed E-state index contributed by atoms with van der Waals surface area (Å²) < 4.78 is 10.3. The molecule has 1 aromatic rings. The molecule has 2 N–H and O–H groups in total. The second kappa shape index (κ2) is 11.6. The molecule has 4 nitrogen and oxygen atoms in total. The average Bonchev–Trinajstić information content (AvgIpc) is 2.57. The van der Waals surface area contributed by atoms with Crippen LogP contribution < -0.4 is 9.47 Å². The van der Waals surface area contributed by atoms with Crippen LogP contribution in [0.4, 0.5) is 0 Å². The SMILES string of the molecule is COc1cc(C=CCCCCCCC=CCO)cc(OC)c1O. The van der Waals surface area contributed by atoms with Crippen LogP contribution in [-0.4, -0.2) is 31.0 Å². The fraction of sp³-hybridized carbons (Fsp3) is 0.474. The van der Waals surface area contributed by atoms with E-state index in [1.807, 2.05) is 12.2 Å². The predicted molar refractivity (Wildman–Crippen MR) is 94.2 cm³/mol. The molecule has 0 aliphatic rings. The van der Waals surface area contributed by atoms with Crippen LogP contribution in [0.5, 0.6) is 17.2 Å². The van der Waals surface area contributed by atoms with E-state index in [9.17, 15) is 5.11 Å². The number of methoxy groups -OCH3 is 2. The molecule has 0 saturated carbocycles. The number of rotatable bonds is 11. The fourth-order valence-electron chi connectivity index (χ4n) is 2.30. The number of aliphatic hydroxyl groups is 1. The van der Waals surface area contributed by atoms with Crippen molar-refractivity contribution in [1.82, 2.24) is 0 Å². The van der Waals surface area contributed by atoms with Crippen molar-refractivity contribution in [1.29, 1.82) is 0 Å². The van der Waals surface area contributed by atoms with Crippen LogP contribution in [0, 0.1) is 0 Å². The van der Waals surface area contributed by atoms with Crippen molar-refractivity contribution in [3.63, 3.8) is 0 Å². The van der Waals surface area contributed by atoms with Crippen LogP contribution in [0.25, 0.3) is 6.08 Å². The normalized spacial score (nSPS) is 11.4. The lowest BCUT2D eigenvalue weighted by atomic mass is 10.1. The summed E-state index contributed by atoms with van der Waals surface area (Å²) in [4.78, 5) is 0. The Balaban J connectivity index is 2.33. The summed E-state index contributed by atoms with van der Waals surface area (Å²) in [6, 6.07) is 3.59. The lowest BCUT2D eigenvalue weighted by Crippen LogP contribution is -1.90. The van der Waals surface area contributed by atoms with E-state index in [0.717, 1.165) is 24.8 Å². The van der Waals surface area contributed by atoms with E-state index < -0.39 is 0 Å². The summed E-state index contributed by atoms with van der Waals surface area (Å²) in [5, 5.41) is 18.5. The number of aromatic hydroxyl groups is 1. The van der Waals surface area contributed by atoms with Crippen molar-refractivity contribution >= 4 is 6.08 Å². The van der Waals surface area contributed by atoms with Crippen molar-refractivity contribution in [3.8, 4) is 17.2 Å². The Kier molecular flexibility index (Phi) is 9.64. The molecule has 0 bridgehead atoms. The first-order valence-electron chi connectivity index (χ1n) is 8.10.